The Bertz CT molecular complexity index is 905. The predicted molar refractivity (Wildman–Crippen MR) is 103 cm³/mol. The van der Waals surface area contributed by atoms with Gasteiger partial charge in [0.15, 0.2) is 0 Å². The first-order valence-corrected chi connectivity index (χ1v) is 9.87. The molecule has 2 fully saturated rings. The van der Waals surface area contributed by atoms with Crippen molar-refractivity contribution >= 4 is 11.9 Å². The van der Waals surface area contributed by atoms with Crippen LogP contribution in [0.25, 0.3) is 5.95 Å². The Labute approximate surface area is 172 Å². The van der Waals surface area contributed by atoms with Crippen molar-refractivity contribution in [2.45, 2.75) is 50.7 Å². The number of halogens is 2. The minimum absolute atomic E-state index is 0.0990. The van der Waals surface area contributed by atoms with Gasteiger partial charge in [-0.05, 0) is 25.8 Å². The van der Waals surface area contributed by atoms with E-state index in [1.807, 2.05) is 13.0 Å². The van der Waals surface area contributed by atoms with Crippen molar-refractivity contribution in [2.75, 3.05) is 25.5 Å². The number of ether oxygens (including phenoxy) is 2. The summed E-state index contributed by atoms with van der Waals surface area (Å²) < 4.78 is 39.0. The van der Waals surface area contributed by atoms with Crippen molar-refractivity contribution in [3.63, 3.8) is 0 Å². The van der Waals surface area contributed by atoms with Crippen molar-refractivity contribution in [1.82, 2.24) is 24.6 Å². The number of rotatable bonds is 5. The maximum atomic E-state index is 13.4. The van der Waals surface area contributed by atoms with Gasteiger partial charge in [-0.1, -0.05) is 0 Å². The molecule has 0 spiro atoms. The van der Waals surface area contributed by atoms with E-state index in [1.54, 1.807) is 12.3 Å². The molecule has 30 heavy (non-hydrogen) atoms. The molecule has 2 aromatic heterocycles. The second kappa shape index (κ2) is 8.04. The van der Waals surface area contributed by atoms with Gasteiger partial charge >= 0.3 is 6.09 Å². The second-order valence-electron chi connectivity index (χ2n) is 7.68. The Morgan fingerprint density at radius 1 is 1.27 bits per heavy atom. The highest BCUT2D eigenvalue weighted by Gasteiger charge is 2.35. The number of carbonyl (C=O) groups is 1. The summed E-state index contributed by atoms with van der Waals surface area (Å²) in [6.07, 6.45) is 1.56. The molecule has 3 heterocycles. The van der Waals surface area contributed by atoms with Crippen LogP contribution in [0.4, 0.5) is 19.4 Å². The van der Waals surface area contributed by atoms with Crippen LogP contribution >= 0.6 is 0 Å². The van der Waals surface area contributed by atoms with Gasteiger partial charge in [0.05, 0.1) is 25.9 Å². The molecular formula is C19H24F2N6O3. The van der Waals surface area contributed by atoms with Crippen LogP contribution in [0.3, 0.4) is 0 Å². The number of aryl methyl sites for hydroxylation is 1. The molecule has 0 atom stereocenters. The SMILES string of the molecule is COC(=O)N1CC(Oc2cc(NC3CCC(F)(F)CC3)nc(-n3ccc(C)n3)n2)C1. The molecule has 162 valence electrons. The molecule has 1 N–H and O–H groups in total. The number of aromatic nitrogens is 4. The Balaban J connectivity index is 1.49. The number of amides is 1. The molecule has 0 bridgehead atoms. The first kappa shape index (κ1) is 20.3. The Morgan fingerprint density at radius 2 is 2.00 bits per heavy atom. The van der Waals surface area contributed by atoms with E-state index in [2.05, 4.69) is 25.1 Å². The maximum absolute atomic E-state index is 13.4. The molecule has 0 aromatic carbocycles. The van der Waals surface area contributed by atoms with Crippen molar-refractivity contribution < 1.29 is 23.0 Å². The van der Waals surface area contributed by atoms with Crippen molar-refractivity contribution in [3.8, 4) is 11.8 Å². The lowest BCUT2D eigenvalue weighted by molar-refractivity contribution is -0.0361. The normalized spacial score (nSPS) is 19.3. The molecule has 1 amide bonds. The van der Waals surface area contributed by atoms with Crippen LogP contribution in [0, 0.1) is 6.92 Å². The minimum Gasteiger partial charge on any atom is -0.470 e. The summed E-state index contributed by atoms with van der Waals surface area (Å²) in [6.45, 7) is 2.65. The van der Waals surface area contributed by atoms with Crippen LogP contribution in [0.2, 0.25) is 0 Å². The van der Waals surface area contributed by atoms with E-state index in [0.717, 1.165) is 5.69 Å². The minimum atomic E-state index is -2.59. The molecule has 0 radical (unpaired) electrons. The van der Waals surface area contributed by atoms with Crippen molar-refractivity contribution in [2.24, 2.45) is 0 Å². The van der Waals surface area contributed by atoms with Gasteiger partial charge in [0.25, 0.3) is 5.95 Å². The first-order valence-electron chi connectivity index (χ1n) is 9.87. The second-order valence-corrected chi connectivity index (χ2v) is 7.68. The van der Waals surface area contributed by atoms with Gasteiger partial charge in [0, 0.05) is 31.1 Å². The van der Waals surface area contributed by atoms with Crippen LogP contribution in [-0.4, -0.2) is 69.0 Å². The maximum Gasteiger partial charge on any atom is 0.409 e. The van der Waals surface area contributed by atoms with Crippen LogP contribution in [0.5, 0.6) is 5.88 Å². The Hall–Kier alpha value is -2.98. The number of hydrogen-bond donors (Lipinski definition) is 1. The smallest absolute Gasteiger partial charge is 0.409 e. The summed E-state index contributed by atoms with van der Waals surface area (Å²) in [7, 11) is 1.33. The number of nitrogens with zero attached hydrogens (tertiary/aromatic N) is 5. The first-order chi connectivity index (χ1) is 14.3. The molecule has 1 aliphatic carbocycles. The average molecular weight is 422 g/mol. The molecule has 9 nitrogen and oxygen atoms in total. The summed E-state index contributed by atoms with van der Waals surface area (Å²) in [4.78, 5) is 21.9. The zero-order chi connectivity index (χ0) is 21.3. The summed E-state index contributed by atoms with van der Waals surface area (Å²) in [5.74, 6) is -1.46. The van der Waals surface area contributed by atoms with Crippen LogP contribution in [-0.2, 0) is 4.74 Å². The Morgan fingerprint density at radius 3 is 2.63 bits per heavy atom. The van der Waals surface area contributed by atoms with Gasteiger partial charge in [0.1, 0.15) is 11.9 Å². The van der Waals surface area contributed by atoms with E-state index < -0.39 is 12.0 Å². The zero-order valence-corrected chi connectivity index (χ0v) is 16.8. The van der Waals surface area contributed by atoms with Crippen molar-refractivity contribution in [3.05, 3.63) is 24.0 Å². The molecule has 1 saturated carbocycles. The molecule has 1 saturated heterocycles. The largest absolute Gasteiger partial charge is 0.470 e. The van der Waals surface area contributed by atoms with E-state index in [-0.39, 0.29) is 25.0 Å². The third-order valence-corrected chi connectivity index (χ3v) is 5.26. The summed E-state index contributed by atoms with van der Waals surface area (Å²) in [5, 5.41) is 7.56. The summed E-state index contributed by atoms with van der Waals surface area (Å²) in [5.41, 5.74) is 0.807. The highest BCUT2D eigenvalue weighted by Crippen LogP contribution is 2.34. The third kappa shape index (κ3) is 4.60. The average Bonchev–Trinajstić information content (AvgIpc) is 3.12. The fourth-order valence-electron chi connectivity index (χ4n) is 3.53. The van der Waals surface area contributed by atoms with Crippen LogP contribution < -0.4 is 10.1 Å². The Kier molecular flexibility index (Phi) is 5.44. The molecule has 4 rings (SSSR count). The van der Waals surface area contributed by atoms with Gasteiger partial charge in [0.2, 0.25) is 11.8 Å². The zero-order valence-electron chi connectivity index (χ0n) is 16.8. The third-order valence-electron chi connectivity index (χ3n) is 5.26. The van der Waals surface area contributed by atoms with E-state index >= 15 is 0 Å². The molecule has 2 aromatic rings. The van der Waals surface area contributed by atoms with E-state index in [1.165, 1.54) is 16.7 Å². The quantitative estimate of drug-likeness (QED) is 0.792. The van der Waals surface area contributed by atoms with E-state index in [4.69, 9.17) is 4.74 Å². The summed E-state index contributed by atoms with van der Waals surface area (Å²) in [6, 6.07) is 3.37. The van der Waals surface area contributed by atoms with E-state index in [9.17, 15) is 13.6 Å². The molecule has 11 heteroatoms. The monoisotopic (exact) mass is 422 g/mol. The van der Waals surface area contributed by atoms with Crippen molar-refractivity contribution in [1.29, 1.82) is 0 Å². The lowest BCUT2D eigenvalue weighted by Gasteiger charge is -2.37. The molecule has 0 unspecified atom stereocenters. The number of likely N-dealkylation sites (tertiary alicyclic amines) is 1. The number of alkyl halides is 2. The highest BCUT2D eigenvalue weighted by molar-refractivity contribution is 5.68. The van der Waals surface area contributed by atoms with Gasteiger partial charge in [-0.15, -0.1) is 0 Å². The number of methoxy groups -OCH3 is 1. The van der Waals surface area contributed by atoms with E-state index in [0.29, 0.717) is 43.6 Å². The highest BCUT2D eigenvalue weighted by atomic mass is 19.3. The van der Waals surface area contributed by atoms with Gasteiger partial charge < -0.3 is 19.7 Å². The number of anilines is 1. The van der Waals surface area contributed by atoms with Gasteiger partial charge in [-0.3, -0.25) is 0 Å². The lowest BCUT2D eigenvalue weighted by atomic mass is 9.92. The number of nitrogens with one attached hydrogen (secondary N) is 1. The predicted octanol–water partition coefficient (Wildman–Crippen LogP) is 2.79. The standard InChI is InChI=1S/C19H24F2N6O3/c1-12-5-8-27(25-12)17-23-15(22-13-3-6-19(20,21)7-4-13)9-16(24-17)30-14-10-26(11-14)18(28)29-2/h5,8-9,13-14H,3-4,6-7,10-11H2,1-2H3,(H,22,23,24). The number of hydrogen-bond acceptors (Lipinski definition) is 7. The molecular weight excluding hydrogens is 398 g/mol. The van der Waals surface area contributed by atoms with Crippen LogP contribution in [0.1, 0.15) is 31.4 Å². The lowest BCUT2D eigenvalue weighted by Crippen LogP contribution is -2.56. The fraction of sp³-hybridized carbons (Fsp3) is 0.579. The van der Waals surface area contributed by atoms with Crippen LogP contribution in [0.15, 0.2) is 18.3 Å². The topological polar surface area (TPSA) is 94.4 Å². The molecule has 2 aliphatic rings. The number of carbonyl (C=O) groups excluding carboxylic acids is 1. The van der Waals surface area contributed by atoms with Gasteiger partial charge in [-0.25, -0.2) is 18.3 Å². The van der Waals surface area contributed by atoms with Gasteiger partial charge in [-0.2, -0.15) is 15.1 Å². The summed E-state index contributed by atoms with van der Waals surface area (Å²) >= 11 is 0. The fourth-order valence-corrected chi connectivity index (χ4v) is 3.53. The molecule has 1 aliphatic heterocycles.